The van der Waals surface area contributed by atoms with Crippen molar-refractivity contribution in [3.05, 3.63) is 38.3 Å². The van der Waals surface area contributed by atoms with Crippen LogP contribution in [0.4, 0.5) is 0 Å². The van der Waals surface area contributed by atoms with Crippen LogP contribution in [0.2, 0.25) is 0 Å². The second-order valence-corrected chi connectivity index (χ2v) is 4.66. The van der Waals surface area contributed by atoms with Crippen LogP contribution < -0.4 is 11.2 Å². The summed E-state index contributed by atoms with van der Waals surface area (Å²) in [5.41, 5.74) is 0.0329. The summed E-state index contributed by atoms with van der Waals surface area (Å²) in [5, 5.41) is 0.637. The lowest BCUT2D eigenvalue weighted by Gasteiger charge is -2.04. The van der Waals surface area contributed by atoms with E-state index in [0.29, 0.717) is 22.7 Å². The highest BCUT2D eigenvalue weighted by Gasteiger charge is 2.13. The quantitative estimate of drug-likeness (QED) is 0.800. The molecule has 2 heterocycles. The lowest BCUT2D eigenvalue weighted by atomic mass is 10.4. The molecule has 0 spiro atoms. The number of fused-ring (bicyclic) bond motifs is 1. The molecule has 0 fully saturated rings. The summed E-state index contributed by atoms with van der Waals surface area (Å²) in [6.45, 7) is 2.20. The molecule has 0 saturated carbocycles. The van der Waals surface area contributed by atoms with Crippen molar-refractivity contribution in [1.29, 1.82) is 0 Å². The molecule has 0 aliphatic carbocycles. The highest BCUT2D eigenvalue weighted by molar-refractivity contribution is 6.29. The Hall–Kier alpha value is -1.82. The number of rotatable bonds is 2. The van der Waals surface area contributed by atoms with Gasteiger partial charge in [-0.25, -0.2) is 9.78 Å². The fourth-order valence-electron chi connectivity index (χ4n) is 1.76. The van der Waals surface area contributed by atoms with Crippen molar-refractivity contribution in [3.63, 3.8) is 0 Å². The molecular weight excluding hydrogens is 256 g/mol. The molecule has 2 rings (SSSR count). The highest BCUT2D eigenvalue weighted by atomic mass is 35.5. The zero-order valence-electron chi connectivity index (χ0n) is 10.3. The Morgan fingerprint density at radius 3 is 2.67 bits per heavy atom. The largest absolute Gasteiger partial charge is 0.332 e. The minimum atomic E-state index is -0.387. The van der Waals surface area contributed by atoms with Gasteiger partial charge in [-0.3, -0.25) is 13.9 Å². The van der Waals surface area contributed by atoms with Gasteiger partial charge in [0, 0.05) is 25.7 Å². The molecule has 0 amide bonds. The molecule has 0 bridgehead atoms. The number of allylic oxidation sites excluding steroid dienone is 2. The van der Waals surface area contributed by atoms with Gasteiger partial charge in [-0.1, -0.05) is 17.7 Å². The van der Waals surface area contributed by atoms with Gasteiger partial charge in [-0.15, -0.1) is 0 Å². The number of aryl methyl sites for hydroxylation is 1. The molecule has 0 aliphatic heterocycles. The molecule has 0 aromatic carbocycles. The summed E-state index contributed by atoms with van der Waals surface area (Å²) in [6, 6.07) is 0. The Labute approximate surface area is 108 Å². The maximum Gasteiger partial charge on any atom is 0.332 e. The van der Waals surface area contributed by atoms with Gasteiger partial charge >= 0.3 is 5.69 Å². The molecule has 0 atom stereocenters. The Bertz CT molecular complexity index is 747. The van der Waals surface area contributed by atoms with Crippen molar-refractivity contribution in [1.82, 2.24) is 18.7 Å². The molecule has 0 radical (unpaired) electrons. The lowest BCUT2D eigenvalue weighted by molar-refractivity contribution is 0.703. The molecule has 0 aliphatic rings. The van der Waals surface area contributed by atoms with Crippen molar-refractivity contribution in [2.75, 3.05) is 0 Å². The maximum atomic E-state index is 12.1. The van der Waals surface area contributed by atoms with Crippen molar-refractivity contribution in [2.24, 2.45) is 14.1 Å². The minimum Gasteiger partial charge on any atom is -0.321 e. The van der Waals surface area contributed by atoms with Gasteiger partial charge < -0.3 is 4.57 Å². The summed E-state index contributed by atoms with van der Waals surface area (Å²) < 4.78 is 4.09. The van der Waals surface area contributed by atoms with Gasteiger partial charge in [0.15, 0.2) is 11.2 Å². The van der Waals surface area contributed by atoms with E-state index in [2.05, 4.69) is 4.98 Å². The first kappa shape index (κ1) is 12.6. The maximum absolute atomic E-state index is 12.1. The van der Waals surface area contributed by atoms with E-state index in [1.165, 1.54) is 17.9 Å². The number of aromatic nitrogens is 4. The number of nitrogens with zero attached hydrogens (tertiary/aromatic N) is 4. The lowest BCUT2D eigenvalue weighted by Crippen LogP contribution is -2.37. The molecule has 18 heavy (non-hydrogen) atoms. The average molecular weight is 269 g/mol. The molecular formula is C11H13ClN4O2. The zero-order valence-corrected chi connectivity index (χ0v) is 11.1. The van der Waals surface area contributed by atoms with E-state index in [1.807, 2.05) is 0 Å². The van der Waals surface area contributed by atoms with E-state index in [9.17, 15) is 9.59 Å². The van der Waals surface area contributed by atoms with Crippen LogP contribution in [-0.2, 0) is 20.6 Å². The topological polar surface area (TPSA) is 61.8 Å². The van der Waals surface area contributed by atoms with E-state index >= 15 is 0 Å². The Morgan fingerprint density at radius 2 is 2.06 bits per heavy atom. The number of hydrogen-bond acceptors (Lipinski definition) is 3. The van der Waals surface area contributed by atoms with Crippen molar-refractivity contribution < 1.29 is 0 Å². The summed E-state index contributed by atoms with van der Waals surface area (Å²) in [6.07, 6.45) is 3.30. The average Bonchev–Trinajstić information content (AvgIpc) is 2.75. The van der Waals surface area contributed by atoms with E-state index in [1.54, 1.807) is 24.6 Å². The van der Waals surface area contributed by atoms with Gasteiger partial charge in [-0.2, -0.15) is 0 Å². The first-order chi connectivity index (χ1) is 8.43. The molecule has 0 N–H and O–H groups in total. The fourth-order valence-corrected chi connectivity index (χ4v) is 1.83. The second kappa shape index (κ2) is 4.45. The third kappa shape index (κ3) is 1.88. The van der Waals surface area contributed by atoms with Crippen LogP contribution in [0.5, 0.6) is 0 Å². The number of hydrogen-bond donors (Lipinski definition) is 0. The first-order valence-corrected chi connectivity index (χ1v) is 5.74. The van der Waals surface area contributed by atoms with Crippen LogP contribution in [0.3, 0.4) is 0 Å². The Balaban J connectivity index is 2.78. The molecule has 2 aromatic heterocycles. The molecule has 7 heteroatoms. The molecule has 2 aromatic rings. The van der Waals surface area contributed by atoms with E-state index in [-0.39, 0.29) is 11.2 Å². The van der Waals surface area contributed by atoms with Crippen molar-refractivity contribution in [3.8, 4) is 0 Å². The zero-order chi connectivity index (χ0) is 13.4. The van der Waals surface area contributed by atoms with Gasteiger partial charge in [0.05, 0.1) is 6.33 Å². The molecule has 96 valence electrons. The predicted molar refractivity (Wildman–Crippen MR) is 69.8 cm³/mol. The Kier molecular flexibility index (Phi) is 3.13. The van der Waals surface area contributed by atoms with Crippen molar-refractivity contribution >= 4 is 22.8 Å². The fraction of sp³-hybridized carbons (Fsp3) is 0.364. The monoisotopic (exact) mass is 268 g/mol. The Morgan fingerprint density at radius 1 is 1.39 bits per heavy atom. The second-order valence-electron chi connectivity index (χ2n) is 4.07. The highest BCUT2D eigenvalue weighted by Crippen LogP contribution is 2.07. The molecule has 0 unspecified atom stereocenters. The van der Waals surface area contributed by atoms with Crippen LogP contribution in [0.1, 0.15) is 6.92 Å². The van der Waals surface area contributed by atoms with Crippen LogP contribution in [0.25, 0.3) is 11.2 Å². The number of imidazole rings is 1. The normalized spacial score (nSPS) is 12.3. The van der Waals surface area contributed by atoms with Crippen LogP contribution in [0.15, 0.2) is 27.0 Å². The van der Waals surface area contributed by atoms with Crippen LogP contribution in [0, 0.1) is 0 Å². The first-order valence-electron chi connectivity index (χ1n) is 5.36. The van der Waals surface area contributed by atoms with Gasteiger partial charge in [0.1, 0.15) is 0 Å². The smallest absolute Gasteiger partial charge is 0.321 e. The molecule has 6 nitrogen and oxygen atoms in total. The summed E-state index contributed by atoms with van der Waals surface area (Å²) in [7, 11) is 3.04. The third-order valence-corrected chi connectivity index (χ3v) is 2.94. The van der Waals surface area contributed by atoms with Crippen LogP contribution >= 0.6 is 11.6 Å². The van der Waals surface area contributed by atoms with Gasteiger partial charge in [-0.05, 0) is 6.92 Å². The summed E-state index contributed by atoms with van der Waals surface area (Å²) >= 11 is 5.76. The minimum absolute atomic E-state index is 0.355. The summed E-state index contributed by atoms with van der Waals surface area (Å²) in [4.78, 5) is 27.9. The predicted octanol–water partition coefficient (Wildman–Crippen LogP) is 0.576. The summed E-state index contributed by atoms with van der Waals surface area (Å²) in [5.74, 6) is 0. The van der Waals surface area contributed by atoms with E-state index in [0.717, 1.165) is 4.57 Å². The number of halogens is 1. The van der Waals surface area contributed by atoms with E-state index in [4.69, 9.17) is 11.6 Å². The van der Waals surface area contributed by atoms with Crippen LogP contribution in [-0.4, -0.2) is 18.7 Å². The third-order valence-electron chi connectivity index (χ3n) is 2.79. The van der Waals surface area contributed by atoms with Gasteiger partial charge in [0.2, 0.25) is 0 Å². The standard InChI is InChI=1S/C11H13ClN4O2/c1-7(12)4-5-16-6-13-9-8(16)10(17)15(3)11(18)14(9)2/h4,6H,5H2,1-3H3. The molecule has 0 saturated heterocycles. The van der Waals surface area contributed by atoms with E-state index < -0.39 is 0 Å². The SMILES string of the molecule is CC(Cl)=CCn1cnc2c1c(=O)n(C)c(=O)n2C. The van der Waals surface area contributed by atoms with Crippen molar-refractivity contribution in [2.45, 2.75) is 13.5 Å². The van der Waals surface area contributed by atoms with Gasteiger partial charge in [0.25, 0.3) is 5.56 Å².